The van der Waals surface area contributed by atoms with Gasteiger partial charge in [0.15, 0.2) is 19.0 Å². The van der Waals surface area contributed by atoms with Crippen molar-refractivity contribution in [2.45, 2.75) is 0 Å². The Morgan fingerprint density at radius 1 is 1.05 bits per heavy atom. The standard InChI is InChI=1S/C12H13NO7/c13-4-9(14)8-2-1-7(19-5-11(15)16)3-10(8)20-6-12(17)18/h1-3H,4-6,13H2,(H,15,16)(H,17,18). The minimum absolute atomic E-state index is 0.0225. The number of rotatable bonds is 8. The van der Waals surface area contributed by atoms with E-state index in [-0.39, 0.29) is 23.6 Å². The van der Waals surface area contributed by atoms with E-state index < -0.39 is 30.9 Å². The van der Waals surface area contributed by atoms with Crippen LogP contribution >= 0.6 is 0 Å². The predicted octanol–water partition coefficient (Wildman–Crippen LogP) is -0.245. The van der Waals surface area contributed by atoms with Crippen LogP contribution in [0.15, 0.2) is 18.2 Å². The minimum Gasteiger partial charge on any atom is -0.482 e. The number of hydrogen-bond donors (Lipinski definition) is 3. The zero-order chi connectivity index (χ0) is 15.1. The average Bonchev–Trinajstić information content (AvgIpc) is 2.42. The number of carboxylic acids is 2. The molecule has 0 saturated carbocycles. The number of Topliss-reactive ketones (excluding diaryl/α,β-unsaturated/α-hetero) is 1. The second-order valence-corrected chi connectivity index (χ2v) is 3.65. The van der Waals surface area contributed by atoms with Gasteiger partial charge in [0.2, 0.25) is 0 Å². The van der Waals surface area contributed by atoms with Gasteiger partial charge >= 0.3 is 11.9 Å². The third-order valence-electron chi connectivity index (χ3n) is 2.15. The molecule has 0 aliphatic carbocycles. The molecule has 4 N–H and O–H groups in total. The van der Waals surface area contributed by atoms with E-state index in [1.807, 2.05) is 0 Å². The molecule has 0 aliphatic rings. The molecule has 8 nitrogen and oxygen atoms in total. The second kappa shape index (κ2) is 7.10. The molecule has 20 heavy (non-hydrogen) atoms. The Labute approximate surface area is 113 Å². The van der Waals surface area contributed by atoms with Gasteiger partial charge in [-0.1, -0.05) is 0 Å². The lowest BCUT2D eigenvalue weighted by molar-refractivity contribution is -0.140. The van der Waals surface area contributed by atoms with Crippen molar-refractivity contribution in [2.24, 2.45) is 5.73 Å². The number of carbonyl (C=O) groups is 3. The van der Waals surface area contributed by atoms with Crippen LogP contribution in [-0.2, 0) is 9.59 Å². The lowest BCUT2D eigenvalue weighted by atomic mass is 10.1. The molecule has 0 fully saturated rings. The molecule has 1 aromatic carbocycles. The third kappa shape index (κ3) is 4.58. The fourth-order valence-corrected chi connectivity index (χ4v) is 1.34. The van der Waals surface area contributed by atoms with Crippen molar-refractivity contribution in [3.8, 4) is 11.5 Å². The van der Waals surface area contributed by atoms with Crippen LogP contribution in [-0.4, -0.2) is 47.7 Å². The fraction of sp³-hybridized carbons (Fsp3) is 0.250. The van der Waals surface area contributed by atoms with E-state index in [1.165, 1.54) is 18.2 Å². The Kier molecular flexibility index (Phi) is 5.48. The lowest BCUT2D eigenvalue weighted by Crippen LogP contribution is -2.17. The summed E-state index contributed by atoms with van der Waals surface area (Å²) in [6.07, 6.45) is 0. The summed E-state index contributed by atoms with van der Waals surface area (Å²) in [5.41, 5.74) is 5.34. The Morgan fingerprint density at radius 2 is 1.65 bits per heavy atom. The first kappa shape index (κ1) is 15.4. The molecule has 0 bridgehead atoms. The van der Waals surface area contributed by atoms with Crippen molar-refractivity contribution in [2.75, 3.05) is 19.8 Å². The summed E-state index contributed by atoms with van der Waals surface area (Å²) in [6.45, 7) is -1.48. The predicted molar refractivity (Wildman–Crippen MR) is 66.1 cm³/mol. The van der Waals surface area contributed by atoms with Crippen LogP contribution in [0.3, 0.4) is 0 Å². The molecule has 1 aromatic rings. The minimum atomic E-state index is -1.21. The van der Waals surface area contributed by atoms with Crippen molar-refractivity contribution in [3.05, 3.63) is 23.8 Å². The van der Waals surface area contributed by atoms with Crippen LogP contribution in [0.2, 0.25) is 0 Å². The highest BCUT2D eigenvalue weighted by Crippen LogP contribution is 2.25. The van der Waals surface area contributed by atoms with Gasteiger partial charge in [0.25, 0.3) is 0 Å². The summed E-state index contributed by atoms with van der Waals surface area (Å²) in [6, 6.07) is 3.96. The van der Waals surface area contributed by atoms with E-state index in [4.69, 9.17) is 25.4 Å². The molecule has 0 aromatic heterocycles. The van der Waals surface area contributed by atoms with Crippen molar-refractivity contribution < 1.29 is 34.1 Å². The molecule has 108 valence electrons. The number of ether oxygens (including phenoxy) is 2. The number of carbonyl (C=O) groups excluding carboxylic acids is 1. The molecule has 0 unspecified atom stereocenters. The van der Waals surface area contributed by atoms with Crippen molar-refractivity contribution in [1.29, 1.82) is 0 Å². The first-order chi connectivity index (χ1) is 9.43. The summed E-state index contributed by atoms with van der Waals surface area (Å²) >= 11 is 0. The van der Waals surface area contributed by atoms with E-state index in [2.05, 4.69) is 0 Å². The van der Waals surface area contributed by atoms with Crippen LogP contribution in [0.5, 0.6) is 11.5 Å². The Hall–Kier alpha value is -2.61. The Balaban J connectivity index is 2.97. The first-order valence-electron chi connectivity index (χ1n) is 5.50. The highest BCUT2D eigenvalue weighted by molar-refractivity contribution is 6.00. The molecule has 0 spiro atoms. The van der Waals surface area contributed by atoms with Gasteiger partial charge in [-0.2, -0.15) is 0 Å². The zero-order valence-corrected chi connectivity index (χ0v) is 10.4. The molecule has 0 atom stereocenters. The van der Waals surface area contributed by atoms with Gasteiger partial charge in [-0.3, -0.25) is 4.79 Å². The number of nitrogens with two attached hydrogens (primary N) is 1. The molecule has 0 aliphatic heterocycles. The highest BCUT2D eigenvalue weighted by Gasteiger charge is 2.14. The molecule has 0 saturated heterocycles. The summed E-state index contributed by atoms with van der Waals surface area (Å²) in [7, 11) is 0. The van der Waals surface area contributed by atoms with Gasteiger partial charge in [-0.05, 0) is 12.1 Å². The number of benzene rings is 1. The molecular formula is C12H13NO7. The van der Waals surface area contributed by atoms with Crippen LogP contribution in [0.25, 0.3) is 0 Å². The molecule has 0 amide bonds. The van der Waals surface area contributed by atoms with Crippen molar-refractivity contribution in [1.82, 2.24) is 0 Å². The van der Waals surface area contributed by atoms with Gasteiger partial charge in [0.05, 0.1) is 12.1 Å². The second-order valence-electron chi connectivity index (χ2n) is 3.65. The van der Waals surface area contributed by atoms with Gasteiger partial charge < -0.3 is 25.4 Å². The van der Waals surface area contributed by atoms with Gasteiger partial charge in [0, 0.05) is 6.07 Å². The SMILES string of the molecule is NCC(=O)c1ccc(OCC(=O)O)cc1OCC(=O)O. The van der Waals surface area contributed by atoms with Crippen LogP contribution in [0.4, 0.5) is 0 Å². The molecule has 1 rings (SSSR count). The van der Waals surface area contributed by atoms with Crippen LogP contribution in [0, 0.1) is 0 Å². The number of aliphatic carboxylic acids is 2. The van der Waals surface area contributed by atoms with E-state index in [0.717, 1.165) is 0 Å². The Morgan fingerprint density at radius 3 is 2.20 bits per heavy atom. The maximum absolute atomic E-state index is 11.6. The first-order valence-corrected chi connectivity index (χ1v) is 5.50. The summed E-state index contributed by atoms with van der Waals surface area (Å²) < 4.78 is 9.88. The lowest BCUT2D eigenvalue weighted by Gasteiger charge is -2.11. The van der Waals surface area contributed by atoms with Gasteiger partial charge in [0.1, 0.15) is 11.5 Å². The zero-order valence-electron chi connectivity index (χ0n) is 10.4. The maximum atomic E-state index is 11.6. The van der Waals surface area contributed by atoms with Crippen LogP contribution in [0.1, 0.15) is 10.4 Å². The third-order valence-corrected chi connectivity index (χ3v) is 2.15. The van der Waals surface area contributed by atoms with Gasteiger partial charge in [-0.15, -0.1) is 0 Å². The van der Waals surface area contributed by atoms with E-state index in [9.17, 15) is 14.4 Å². The Bertz CT molecular complexity index is 527. The summed E-state index contributed by atoms with van der Waals surface area (Å²) in [5.74, 6) is -2.70. The molecule has 0 heterocycles. The number of hydrogen-bond acceptors (Lipinski definition) is 6. The molecular weight excluding hydrogens is 270 g/mol. The van der Waals surface area contributed by atoms with Crippen molar-refractivity contribution in [3.63, 3.8) is 0 Å². The quantitative estimate of drug-likeness (QED) is 0.556. The summed E-state index contributed by atoms with van der Waals surface area (Å²) in [5, 5.41) is 17.1. The van der Waals surface area contributed by atoms with Crippen molar-refractivity contribution >= 4 is 17.7 Å². The smallest absolute Gasteiger partial charge is 0.341 e. The van der Waals surface area contributed by atoms with E-state index in [0.29, 0.717) is 0 Å². The summed E-state index contributed by atoms with van der Waals surface area (Å²) in [4.78, 5) is 32.4. The maximum Gasteiger partial charge on any atom is 0.341 e. The van der Waals surface area contributed by atoms with Crippen LogP contribution < -0.4 is 15.2 Å². The molecule has 0 radical (unpaired) electrons. The topological polar surface area (TPSA) is 136 Å². The normalized spacial score (nSPS) is 9.85. The average molecular weight is 283 g/mol. The molecule has 8 heteroatoms. The number of carboxylic acid groups (broad SMARTS) is 2. The fourth-order valence-electron chi connectivity index (χ4n) is 1.34. The number of ketones is 1. The monoisotopic (exact) mass is 283 g/mol. The van der Waals surface area contributed by atoms with Gasteiger partial charge in [-0.25, -0.2) is 9.59 Å². The highest BCUT2D eigenvalue weighted by atomic mass is 16.5. The van der Waals surface area contributed by atoms with E-state index in [1.54, 1.807) is 0 Å². The largest absolute Gasteiger partial charge is 0.482 e. The van der Waals surface area contributed by atoms with E-state index >= 15 is 0 Å².